The molecule has 2 aromatic heterocycles. The Labute approximate surface area is 158 Å². The zero-order chi connectivity index (χ0) is 19.4. The van der Waals surface area contributed by atoms with E-state index in [0.717, 1.165) is 11.4 Å². The molecule has 0 radical (unpaired) electrons. The second-order valence-corrected chi connectivity index (χ2v) is 7.60. The van der Waals surface area contributed by atoms with E-state index in [0.29, 0.717) is 18.1 Å². The number of hydrogen-bond acceptors (Lipinski definition) is 4. The molecule has 0 bridgehead atoms. The predicted molar refractivity (Wildman–Crippen MR) is 104 cm³/mol. The third kappa shape index (κ3) is 4.93. The first kappa shape index (κ1) is 18.6. The van der Waals surface area contributed by atoms with Gasteiger partial charge < -0.3 is 15.2 Å². The summed E-state index contributed by atoms with van der Waals surface area (Å²) >= 11 is 0. The van der Waals surface area contributed by atoms with Gasteiger partial charge >= 0.3 is 6.03 Å². The van der Waals surface area contributed by atoms with E-state index in [9.17, 15) is 4.79 Å². The number of nitrogens with one attached hydrogen (secondary N) is 3. The van der Waals surface area contributed by atoms with Crippen LogP contribution in [0.1, 0.15) is 26.6 Å². The number of benzene rings is 1. The van der Waals surface area contributed by atoms with E-state index in [4.69, 9.17) is 0 Å². The van der Waals surface area contributed by atoms with Crippen LogP contribution in [0.4, 0.5) is 10.5 Å². The third-order valence-corrected chi connectivity index (χ3v) is 4.30. The number of carbonyl (C=O) groups is 1. The highest BCUT2D eigenvalue weighted by molar-refractivity contribution is 5.89. The van der Waals surface area contributed by atoms with Crippen molar-refractivity contribution in [3.63, 3.8) is 0 Å². The van der Waals surface area contributed by atoms with Crippen molar-refractivity contribution in [1.82, 2.24) is 30.0 Å². The second kappa shape index (κ2) is 7.61. The predicted octanol–water partition coefficient (Wildman–Crippen LogP) is 3.21. The fourth-order valence-electron chi connectivity index (χ4n) is 2.64. The first-order chi connectivity index (χ1) is 12.8. The zero-order valence-corrected chi connectivity index (χ0v) is 16.0. The number of urea groups is 1. The summed E-state index contributed by atoms with van der Waals surface area (Å²) < 4.78 is 1.96. The molecule has 142 valence electrons. The maximum Gasteiger partial charge on any atom is 0.319 e. The summed E-state index contributed by atoms with van der Waals surface area (Å²) in [6, 6.07) is 7.14. The Balaban J connectivity index is 1.63. The van der Waals surface area contributed by atoms with Crippen molar-refractivity contribution < 1.29 is 4.79 Å². The van der Waals surface area contributed by atoms with Crippen LogP contribution in [0.5, 0.6) is 0 Å². The number of hydrogen-bond donors (Lipinski definition) is 3. The number of H-pyrrole nitrogens is 1. The molecule has 0 fully saturated rings. The number of nitrogens with zero attached hydrogens (tertiary/aromatic N) is 4. The van der Waals surface area contributed by atoms with E-state index in [1.165, 1.54) is 0 Å². The number of rotatable bonds is 5. The summed E-state index contributed by atoms with van der Waals surface area (Å²) in [6.07, 6.45) is 5.38. The Bertz CT molecular complexity index is 876. The van der Waals surface area contributed by atoms with Crippen LogP contribution in [0.15, 0.2) is 43.0 Å². The SMILES string of the molecule is Cc1nc(-c2ccc(NC(=O)N[C@H](Cn3ccnc3)C(C)(C)C)cc2)n[nH]1. The molecule has 2 heterocycles. The smallest absolute Gasteiger partial charge is 0.319 e. The number of anilines is 1. The van der Waals surface area contributed by atoms with Crippen LogP contribution in [0, 0.1) is 12.3 Å². The summed E-state index contributed by atoms with van der Waals surface area (Å²) in [6.45, 7) is 8.81. The van der Waals surface area contributed by atoms with Crippen LogP contribution in [0.25, 0.3) is 11.4 Å². The number of aryl methyl sites for hydroxylation is 1. The molecule has 0 spiro atoms. The highest BCUT2D eigenvalue weighted by Crippen LogP contribution is 2.21. The van der Waals surface area contributed by atoms with Crippen LogP contribution in [0.3, 0.4) is 0 Å². The molecule has 0 aliphatic rings. The molecule has 3 rings (SSSR count). The topological polar surface area (TPSA) is 101 Å². The lowest BCUT2D eigenvalue weighted by atomic mass is 9.86. The van der Waals surface area contributed by atoms with Gasteiger partial charge in [-0.05, 0) is 36.6 Å². The quantitative estimate of drug-likeness (QED) is 0.644. The third-order valence-electron chi connectivity index (χ3n) is 4.30. The van der Waals surface area contributed by atoms with Gasteiger partial charge in [-0.3, -0.25) is 5.10 Å². The highest BCUT2D eigenvalue weighted by atomic mass is 16.2. The minimum atomic E-state index is -0.239. The fraction of sp³-hybridized carbons (Fsp3) is 0.368. The number of imidazole rings is 1. The summed E-state index contributed by atoms with van der Waals surface area (Å²) in [7, 11) is 0. The standard InChI is InChI=1S/C19H25N7O/c1-13-21-17(25-24-13)14-5-7-15(8-6-14)22-18(27)23-16(19(2,3)4)11-26-10-9-20-12-26/h5-10,12,16H,11H2,1-4H3,(H,21,24,25)(H2,22,23,27)/t16-/m1/s1. The second-order valence-electron chi connectivity index (χ2n) is 7.60. The average molecular weight is 367 g/mol. The number of aromatic amines is 1. The van der Waals surface area contributed by atoms with Crippen LogP contribution >= 0.6 is 0 Å². The first-order valence-electron chi connectivity index (χ1n) is 8.84. The minimum Gasteiger partial charge on any atom is -0.335 e. The van der Waals surface area contributed by atoms with Crippen LogP contribution in [0.2, 0.25) is 0 Å². The van der Waals surface area contributed by atoms with Crippen LogP contribution < -0.4 is 10.6 Å². The van der Waals surface area contributed by atoms with Gasteiger partial charge in [0.25, 0.3) is 0 Å². The Morgan fingerprint density at radius 3 is 2.56 bits per heavy atom. The van der Waals surface area contributed by atoms with Gasteiger partial charge in [-0.1, -0.05) is 20.8 Å². The number of amides is 2. The van der Waals surface area contributed by atoms with E-state index < -0.39 is 0 Å². The largest absolute Gasteiger partial charge is 0.335 e. The van der Waals surface area contributed by atoms with Gasteiger partial charge in [0.05, 0.1) is 12.4 Å². The molecule has 0 aliphatic carbocycles. The molecule has 1 atom stereocenters. The van der Waals surface area contributed by atoms with Crippen molar-refractivity contribution >= 4 is 11.7 Å². The van der Waals surface area contributed by atoms with Crippen molar-refractivity contribution in [2.75, 3.05) is 5.32 Å². The monoisotopic (exact) mass is 367 g/mol. The molecular weight excluding hydrogens is 342 g/mol. The summed E-state index contributed by atoms with van der Waals surface area (Å²) in [5, 5.41) is 12.9. The molecule has 0 unspecified atom stereocenters. The summed E-state index contributed by atoms with van der Waals surface area (Å²) in [4.78, 5) is 20.8. The van der Waals surface area contributed by atoms with Crippen LogP contribution in [-0.4, -0.2) is 36.8 Å². The molecule has 3 aromatic rings. The molecule has 1 aromatic carbocycles. The lowest BCUT2D eigenvalue weighted by Gasteiger charge is -2.31. The van der Waals surface area contributed by atoms with E-state index in [1.54, 1.807) is 12.5 Å². The lowest BCUT2D eigenvalue weighted by molar-refractivity contribution is 0.219. The van der Waals surface area contributed by atoms with Crippen molar-refractivity contribution in [3.8, 4) is 11.4 Å². The van der Waals surface area contributed by atoms with Gasteiger partial charge in [-0.25, -0.2) is 14.8 Å². The lowest BCUT2D eigenvalue weighted by Crippen LogP contribution is -2.47. The van der Waals surface area contributed by atoms with Crippen molar-refractivity contribution in [3.05, 3.63) is 48.8 Å². The van der Waals surface area contributed by atoms with E-state index in [-0.39, 0.29) is 17.5 Å². The Hall–Kier alpha value is -3.16. The van der Waals surface area contributed by atoms with E-state index >= 15 is 0 Å². The Kier molecular flexibility index (Phi) is 5.25. The number of aromatic nitrogens is 5. The molecule has 0 aliphatic heterocycles. The van der Waals surface area contributed by atoms with Gasteiger partial charge in [0.15, 0.2) is 5.82 Å². The molecule has 0 saturated carbocycles. The van der Waals surface area contributed by atoms with Crippen LogP contribution in [-0.2, 0) is 6.54 Å². The molecular formula is C19H25N7O. The molecule has 0 saturated heterocycles. The van der Waals surface area contributed by atoms with E-state index in [2.05, 4.69) is 51.6 Å². The van der Waals surface area contributed by atoms with Gasteiger partial charge in [0.2, 0.25) is 0 Å². The van der Waals surface area contributed by atoms with Gasteiger partial charge in [-0.2, -0.15) is 5.10 Å². The normalized spacial score (nSPS) is 12.6. The molecule has 3 N–H and O–H groups in total. The van der Waals surface area contributed by atoms with Gasteiger partial charge in [0.1, 0.15) is 5.82 Å². The van der Waals surface area contributed by atoms with E-state index in [1.807, 2.05) is 42.0 Å². The maximum atomic E-state index is 12.5. The Morgan fingerprint density at radius 1 is 1.26 bits per heavy atom. The minimum absolute atomic E-state index is 0.0535. The molecule has 8 heteroatoms. The maximum absolute atomic E-state index is 12.5. The van der Waals surface area contributed by atoms with Gasteiger partial charge in [-0.15, -0.1) is 0 Å². The molecule has 2 amide bonds. The summed E-state index contributed by atoms with van der Waals surface area (Å²) in [5.41, 5.74) is 1.49. The summed E-state index contributed by atoms with van der Waals surface area (Å²) in [5.74, 6) is 1.40. The first-order valence-corrected chi connectivity index (χ1v) is 8.84. The molecule has 8 nitrogen and oxygen atoms in total. The average Bonchev–Trinajstić information content (AvgIpc) is 3.26. The number of carbonyl (C=O) groups excluding carboxylic acids is 1. The fourth-order valence-corrected chi connectivity index (χ4v) is 2.64. The van der Waals surface area contributed by atoms with Crippen molar-refractivity contribution in [1.29, 1.82) is 0 Å². The zero-order valence-electron chi connectivity index (χ0n) is 16.0. The van der Waals surface area contributed by atoms with Gasteiger partial charge in [0, 0.05) is 30.2 Å². The highest BCUT2D eigenvalue weighted by Gasteiger charge is 2.26. The Morgan fingerprint density at radius 2 is 2.00 bits per heavy atom. The van der Waals surface area contributed by atoms with Crippen molar-refractivity contribution in [2.24, 2.45) is 5.41 Å². The van der Waals surface area contributed by atoms with Crippen molar-refractivity contribution in [2.45, 2.75) is 40.3 Å². The molecule has 27 heavy (non-hydrogen) atoms.